The molecule has 3 aliphatic rings. The lowest BCUT2D eigenvalue weighted by atomic mass is 9.84. The predicted molar refractivity (Wildman–Crippen MR) is 145 cm³/mol. The van der Waals surface area contributed by atoms with Crippen molar-refractivity contribution >= 4 is 62.4 Å². The molecule has 2 fully saturated rings. The predicted octanol–water partition coefficient (Wildman–Crippen LogP) is 3.88. The molecule has 6 rings (SSSR count). The summed E-state index contributed by atoms with van der Waals surface area (Å²) in [4.78, 5) is 61.6. The summed E-state index contributed by atoms with van der Waals surface area (Å²) in [5, 5.41) is -0.103. The van der Waals surface area contributed by atoms with Crippen LogP contribution in [0.1, 0.15) is 35.6 Å². The molecule has 0 spiro atoms. The standard InChI is InChI=1S/C26H23BrN4O4S2/c27-16-6-8-17(9-7-16)31-23(33)20-19(15-5-4-10-28-13-15)22-25(36-21(20)24(31)34)30(26(35)37-22)14-18(32)29-11-2-1-3-12-29/h4-10,13,19-21H,1-3,11-12,14H2/t19-,20-,21+/m0/s1. The second kappa shape index (κ2) is 9.85. The van der Waals surface area contributed by atoms with Crippen molar-refractivity contribution in [1.29, 1.82) is 0 Å². The monoisotopic (exact) mass is 598 g/mol. The van der Waals surface area contributed by atoms with Gasteiger partial charge >= 0.3 is 4.87 Å². The molecule has 0 aliphatic carbocycles. The van der Waals surface area contributed by atoms with Gasteiger partial charge in [-0.1, -0.05) is 45.1 Å². The van der Waals surface area contributed by atoms with Crippen molar-refractivity contribution in [2.24, 2.45) is 5.92 Å². The molecule has 0 unspecified atom stereocenters. The van der Waals surface area contributed by atoms with Gasteiger partial charge in [-0.3, -0.25) is 28.7 Å². The number of rotatable bonds is 4. The molecule has 3 amide bonds. The quantitative estimate of drug-likeness (QED) is 0.423. The van der Waals surface area contributed by atoms with Crippen LogP contribution < -0.4 is 9.77 Å². The number of pyridine rings is 1. The average Bonchev–Trinajstić information content (AvgIpc) is 3.36. The van der Waals surface area contributed by atoms with Crippen LogP contribution in [0, 0.1) is 5.92 Å². The SMILES string of the molecule is O=C(Cn1c2c(sc1=O)[C@@H](c1cccnc1)[C@@H]1C(=O)N(c3ccc(Br)cc3)C(=O)[C@@H]1S2)N1CCCCC1. The van der Waals surface area contributed by atoms with Crippen molar-refractivity contribution < 1.29 is 14.4 Å². The highest BCUT2D eigenvalue weighted by molar-refractivity contribution is 9.10. The molecule has 1 aromatic carbocycles. The Balaban J connectivity index is 1.42. The van der Waals surface area contributed by atoms with Gasteiger partial charge in [0.05, 0.1) is 16.6 Å². The fourth-order valence-corrected chi connectivity index (χ4v) is 8.44. The normalized spacial score (nSPS) is 23.2. The zero-order valence-electron chi connectivity index (χ0n) is 19.7. The molecule has 2 saturated heterocycles. The molecule has 2 aromatic heterocycles. The maximum Gasteiger partial charge on any atom is 0.308 e. The van der Waals surface area contributed by atoms with Crippen LogP contribution in [-0.4, -0.2) is 50.5 Å². The van der Waals surface area contributed by atoms with Gasteiger partial charge in [0.1, 0.15) is 11.8 Å². The first kappa shape index (κ1) is 24.6. The lowest BCUT2D eigenvalue weighted by Crippen LogP contribution is -2.39. The number of aromatic nitrogens is 2. The maximum atomic E-state index is 13.8. The Hall–Kier alpha value is -2.76. The number of likely N-dealkylation sites (tertiary alicyclic amines) is 1. The first-order valence-electron chi connectivity index (χ1n) is 12.2. The third-order valence-corrected chi connectivity index (χ3v) is 10.3. The minimum atomic E-state index is -0.709. The number of imide groups is 1. The number of carbonyl (C=O) groups is 3. The summed E-state index contributed by atoms with van der Waals surface area (Å²) in [7, 11) is 0. The van der Waals surface area contributed by atoms with Crippen molar-refractivity contribution in [3.05, 3.63) is 73.4 Å². The highest BCUT2D eigenvalue weighted by Crippen LogP contribution is 2.53. The van der Waals surface area contributed by atoms with Crippen molar-refractivity contribution in [3.63, 3.8) is 0 Å². The second-order valence-electron chi connectivity index (χ2n) is 9.38. The van der Waals surface area contributed by atoms with Crippen molar-refractivity contribution in [3.8, 4) is 0 Å². The summed E-state index contributed by atoms with van der Waals surface area (Å²) in [6.07, 6.45) is 6.38. The molecule has 5 heterocycles. The highest BCUT2D eigenvalue weighted by Gasteiger charge is 2.56. The van der Waals surface area contributed by atoms with Crippen LogP contribution in [0.4, 0.5) is 5.69 Å². The summed E-state index contributed by atoms with van der Waals surface area (Å²) < 4.78 is 2.35. The van der Waals surface area contributed by atoms with E-state index in [4.69, 9.17) is 0 Å². The van der Waals surface area contributed by atoms with Gasteiger partial charge in [-0.25, -0.2) is 4.90 Å². The molecular weight excluding hydrogens is 576 g/mol. The second-order valence-corrected chi connectivity index (χ2v) is 12.4. The van der Waals surface area contributed by atoms with Gasteiger partial charge in [0.25, 0.3) is 0 Å². The third kappa shape index (κ3) is 4.26. The van der Waals surface area contributed by atoms with Crippen molar-refractivity contribution in [1.82, 2.24) is 14.5 Å². The zero-order chi connectivity index (χ0) is 25.7. The number of nitrogens with zero attached hydrogens (tertiary/aromatic N) is 4. The van der Waals surface area contributed by atoms with E-state index in [0.29, 0.717) is 23.8 Å². The zero-order valence-corrected chi connectivity index (χ0v) is 22.9. The van der Waals surface area contributed by atoms with Gasteiger partial charge in [0, 0.05) is 40.8 Å². The van der Waals surface area contributed by atoms with E-state index in [1.807, 2.05) is 11.0 Å². The molecule has 3 atom stereocenters. The number of fused-ring (bicyclic) bond motifs is 2. The van der Waals surface area contributed by atoms with Gasteiger partial charge in [0.15, 0.2) is 0 Å². The highest BCUT2D eigenvalue weighted by atomic mass is 79.9. The van der Waals surface area contributed by atoms with Crippen LogP contribution in [-0.2, 0) is 20.9 Å². The summed E-state index contributed by atoms with van der Waals surface area (Å²) in [6, 6.07) is 10.7. The van der Waals surface area contributed by atoms with Crippen LogP contribution in [0.3, 0.4) is 0 Å². The summed E-state index contributed by atoms with van der Waals surface area (Å²) >= 11 is 5.70. The van der Waals surface area contributed by atoms with E-state index in [0.717, 1.165) is 45.5 Å². The molecule has 0 radical (unpaired) electrons. The first-order chi connectivity index (χ1) is 17.9. The van der Waals surface area contributed by atoms with Gasteiger partial charge < -0.3 is 4.90 Å². The molecule has 3 aromatic rings. The number of thiazole rings is 1. The molecule has 0 bridgehead atoms. The number of hydrogen-bond donors (Lipinski definition) is 0. The van der Waals surface area contributed by atoms with Crippen LogP contribution in [0.15, 0.2) is 63.1 Å². The number of carbonyl (C=O) groups excluding carboxylic acids is 3. The number of anilines is 1. The fraction of sp³-hybridized carbons (Fsp3) is 0.346. The minimum Gasteiger partial charge on any atom is -0.341 e. The number of thioether (sulfide) groups is 1. The molecule has 11 heteroatoms. The van der Waals surface area contributed by atoms with E-state index in [9.17, 15) is 19.2 Å². The average molecular weight is 600 g/mol. The number of benzene rings is 1. The Morgan fingerprint density at radius 1 is 1.03 bits per heavy atom. The van der Waals surface area contributed by atoms with Crippen LogP contribution >= 0.6 is 39.0 Å². The van der Waals surface area contributed by atoms with Gasteiger partial charge in [-0.15, -0.1) is 0 Å². The van der Waals surface area contributed by atoms with Crippen LogP contribution in [0.5, 0.6) is 0 Å². The number of amides is 3. The molecule has 37 heavy (non-hydrogen) atoms. The van der Waals surface area contributed by atoms with E-state index in [-0.39, 0.29) is 29.1 Å². The lowest BCUT2D eigenvalue weighted by molar-refractivity contribution is -0.133. The van der Waals surface area contributed by atoms with Crippen molar-refractivity contribution in [2.75, 3.05) is 18.0 Å². The fourth-order valence-electron chi connectivity index (χ4n) is 5.40. The summed E-state index contributed by atoms with van der Waals surface area (Å²) in [6.45, 7) is 1.34. The molecule has 0 saturated carbocycles. The summed E-state index contributed by atoms with van der Waals surface area (Å²) in [5.74, 6) is -1.87. The largest absolute Gasteiger partial charge is 0.341 e. The molecule has 0 N–H and O–H groups in total. The number of piperidine rings is 1. The minimum absolute atomic E-state index is 0.0621. The first-order valence-corrected chi connectivity index (χ1v) is 14.6. The summed E-state index contributed by atoms with van der Waals surface area (Å²) in [5.41, 5.74) is 1.28. The molecular formula is C26H23BrN4O4S2. The van der Waals surface area contributed by atoms with E-state index >= 15 is 0 Å². The van der Waals surface area contributed by atoms with Crippen molar-refractivity contribution in [2.45, 2.75) is 42.0 Å². The molecule has 8 nitrogen and oxygen atoms in total. The number of hydrogen-bond acceptors (Lipinski definition) is 7. The van der Waals surface area contributed by atoms with E-state index < -0.39 is 17.1 Å². The molecule has 190 valence electrons. The Kier molecular flexibility index (Phi) is 6.54. The Morgan fingerprint density at radius 3 is 2.49 bits per heavy atom. The van der Waals surface area contributed by atoms with Gasteiger partial charge in [0.2, 0.25) is 17.7 Å². The lowest BCUT2D eigenvalue weighted by Gasteiger charge is -2.31. The molecule has 3 aliphatic heterocycles. The number of halogens is 1. The topological polar surface area (TPSA) is 92.6 Å². The van der Waals surface area contributed by atoms with Crippen LogP contribution in [0.2, 0.25) is 0 Å². The van der Waals surface area contributed by atoms with Gasteiger partial charge in [-0.2, -0.15) is 0 Å². The third-order valence-electron chi connectivity index (χ3n) is 7.18. The Bertz CT molecular complexity index is 1430. The van der Waals surface area contributed by atoms with Crippen LogP contribution in [0.25, 0.3) is 0 Å². The van der Waals surface area contributed by atoms with E-state index in [2.05, 4.69) is 20.9 Å². The Labute approximate surface area is 229 Å². The van der Waals surface area contributed by atoms with E-state index in [1.54, 1.807) is 42.7 Å². The smallest absolute Gasteiger partial charge is 0.308 e. The van der Waals surface area contributed by atoms with Gasteiger partial charge in [-0.05, 0) is 55.2 Å². The van der Waals surface area contributed by atoms with E-state index in [1.165, 1.54) is 21.2 Å². The maximum absolute atomic E-state index is 13.8. The Morgan fingerprint density at radius 2 is 1.78 bits per heavy atom.